The van der Waals surface area contributed by atoms with Gasteiger partial charge in [0.1, 0.15) is 0 Å². The number of carboxylic acids is 1. The van der Waals surface area contributed by atoms with Crippen LogP contribution < -0.4 is 5.32 Å². The SMILES string of the molecule is CC(C)COCCNCc1ccccc1C(=O)O. The van der Waals surface area contributed by atoms with Crippen LogP contribution in [0.2, 0.25) is 0 Å². The number of carboxylic acid groups (broad SMARTS) is 1. The molecule has 0 spiro atoms. The van der Waals surface area contributed by atoms with Gasteiger partial charge in [0.25, 0.3) is 0 Å². The van der Waals surface area contributed by atoms with Gasteiger partial charge in [-0.15, -0.1) is 0 Å². The van der Waals surface area contributed by atoms with Gasteiger partial charge in [0.15, 0.2) is 0 Å². The molecule has 0 heterocycles. The van der Waals surface area contributed by atoms with Crippen molar-refractivity contribution >= 4 is 5.97 Å². The Labute approximate surface area is 108 Å². The molecule has 0 fully saturated rings. The molecule has 1 aromatic rings. The molecule has 0 bridgehead atoms. The zero-order valence-corrected chi connectivity index (χ0v) is 11.0. The topological polar surface area (TPSA) is 58.6 Å². The zero-order chi connectivity index (χ0) is 13.4. The summed E-state index contributed by atoms with van der Waals surface area (Å²) in [5.41, 5.74) is 1.15. The summed E-state index contributed by atoms with van der Waals surface area (Å²) < 4.78 is 5.43. The van der Waals surface area contributed by atoms with Crippen LogP contribution in [0.4, 0.5) is 0 Å². The fourth-order valence-corrected chi connectivity index (χ4v) is 1.57. The minimum atomic E-state index is -0.886. The summed E-state index contributed by atoms with van der Waals surface area (Å²) in [7, 11) is 0. The van der Waals surface area contributed by atoms with E-state index in [0.717, 1.165) is 18.7 Å². The fraction of sp³-hybridized carbons (Fsp3) is 0.500. The third kappa shape index (κ3) is 5.29. The molecule has 0 aliphatic carbocycles. The number of carbonyl (C=O) groups is 1. The Bertz CT molecular complexity index is 377. The van der Waals surface area contributed by atoms with Crippen LogP contribution in [0, 0.1) is 5.92 Å². The van der Waals surface area contributed by atoms with E-state index < -0.39 is 5.97 Å². The minimum absolute atomic E-state index is 0.355. The Morgan fingerprint density at radius 2 is 2.11 bits per heavy atom. The number of aromatic carboxylic acids is 1. The highest BCUT2D eigenvalue weighted by atomic mass is 16.5. The molecule has 0 saturated heterocycles. The van der Waals surface area contributed by atoms with Crippen molar-refractivity contribution in [3.05, 3.63) is 35.4 Å². The molecule has 1 aromatic carbocycles. The highest BCUT2D eigenvalue weighted by Crippen LogP contribution is 2.08. The summed E-state index contributed by atoms with van der Waals surface area (Å²) >= 11 is 0. The molecule has 2 N–H and O–H groups in total. The third-order valence-electron chi connectivity index (χ3n) is 2.44. The summed E-state index contributed by atoms with van der Waals surface area (Å²) in [6, 6.07) is 7.03. The first-order valence-corrected chi connectivity index (χ1v) is 6.21. The highest BCUT2D eigenvalue weighted by Gasteiger charge is 2.07. The van der Waals surface area contributed by atoms with Crippen molar-refractivity contribution in [1.29, 1.82) is 0 Å². The first kappa shape index (κ1) is 14.7. The average molecular weight is 251 g/mol. The number of rotatable bonds is 8. The molecule has 18 heavy (non-hydrogen) atoms. The Morgan fingerprint density at radius 1 is 1.39 bits per heavy atom. The number of benzene rings is 1. The summed E-state index contributed by atoms with van der Waals surface area (Å²) in [5.74, 6) is -0.346. The van der Waals surface area contributed by atoms with Gasteiger partial charge in [0, 0.05) is 19.7 Å². The van der Waals surface area contributed by atoms with Crippen LogP contribution in [-0.2, 0) is 11.3 Å². The Hall–Kier alpha value is -1.39. The molecule has 0 aromatic heterocycles. The summed E-state index contributed by atoms with van der Waals surface area (Å²) in [4.78, 5) is 11.0. The Kier molecular flexibility index (Phi) is 6.39. The number of nitrogens with one attached hydrogen (secondary N) is 1. The Balaban J connectivity index is 2.29. The normalized spacial score (nSPS) is 10.8. The molecular formula is C14H21NO3. The fourth-order valence-electron chi connectivity index (χ4n) is 1.57. The van der Waals surface area contributed by atoms with Crippen molar-refractivity contribution in [2.75, 3.05) is 19.8 Å². The molecule has 1 rings (SSSR count). The van der Waals surface area contributed by atoms with Crippen molar-refractivity contribution < 1.29 is 14.6 Å². The largest absolute Gasteiger partial charge is 0.478 e. The molecule has 0 saturated carbocycles. The molecule has 0 atom stereocenters. The van der Waals surface area contributed by atoms with Gasteiger partial charge in [-0.05, 0) is 17.5 Å². The van der Waals surface area contributed by atoms with Crippen LogP contribution in [0.3, 0.4) is 0 Å². The number of hydrogen-bond donors (Lipinski definition) is 2. The Morgan fingerprint density at radius 3 is 2.78 bits per heavy atom. The maximum atomic E-state index is 11.0. The van der Waals surface area contributed by atoms with E-state index in [2.05, 4.69) is 19.2 Å². The van der Waals surface area contributed by atoms with Crippen molar-refractivity contribution in [2.24, 2.45) is 5.92 Å². The standard InChI is InChI=1S/C14H21NO3/c1-11(2)10-18-8-7-15-9-12-5-3-4-6-13(12)14(16)17/h3-6,11,15H,7-10H2,1-2H3,(H,16,17). The molecule has 0 aliphatic rings. The predicted molar refractivity (Wildman–Crippen MR) is 70.8 cm³/mol. The van der Waals surface area contributed by atoms with Crippen molar-refractivity contribution in [3.63, 3.8) is 0 Å². The van der Waals surface area contributed by atoms with Crippen LogP contribution in [0.1, 0.15) is 29.8 Å². The van der Waals surface area contributed by atoms with E-state index in [1.807, 2.05) is 12.1 Å². The lowest BCUT2D eigenvalue weighted by Gasteiger charge is -2.09. The molecule has 0 amide bonds. The highest BCUT2D eigenvalue weighted by molar-refractivity contribution is 5.89. The van der Waals surface area contributed by atoms with Gasteiger partial charge in [-0.2, -0.15) is 0 Å². The molecule has 0 unspecified atom stereocenters. The van der Waals surface area contributed by atoms with Crippen LogP contribution in [-0.4, -0.2) is 30.8 Å². The molecule has 4 nitrogen and oxygen atoms in total. The lowest BCUT2D eigenvalue weighted by Crippen LogP contribution is -2.21. The lowest BCUT2D eigenvalue weighted by atomic mass is 10.1. The van der Waals surface area contributed by atoms with Crippen LogP contribution in [0.5, 0.6) is 0 Å². The van der Waals surface area contributed by atoms with Gasteiger partial charge in [0.05, 0.1) is 12.2 Å². The molecule has 0 aliphatic heterocycles. The quantitative estimate of drug-likeness (QED) is 0.695. The van der Waals surface area contributed by atoms with E-state index in [1.165, 1.54) is 0 Å². The van der Waals surface area contributed by atoms with E-state index in [9.17, 15) is 4.79 Å². The maximum Gasteiger partial charge on any atom is 0.336 e. The van der Waals surface area contributed by atoms with Gasteiger partial charge >= 0.3 is 5.97 Å². The molecule has 0 radical (unpaired) electrons. The smallest absolute Gasteiger partial charge is 0.336 e. The maximum absolute atomic E-state index is 11.0. The van der Waals surface area contributed by atoms with Gasteiger partial charge < -0.3 is 15.2 Å². The van der Waals surface area contributed by atoms with Gasteiger partial charge in [-0.1, -0.05) is 32.0 Å². The molecular weight excluding hydrogens is 230 g/mol. The second-order valence-electron chi connectivity index (χ2n) is 4.61. The average Bonchev–Trinajstić information content (AvgIpc) is 2.33. The summed E-state index contributed by atoms with van der Waals surface area (Å²) in [6.07, 6.45) is 0. The van der Waals surface area contributed by atoms with Gasteiger partial charge in [-0.3, -0.25) is 0 Å². The van der Waals surface area contributed by atoms with E-state index in [1.54, 1.807) is 12.1 Å². The lowest BCUT2D eigenvalue weighted by molar-refractivity contribution is 0.0695. The van der Waals surface area contributed by atoms with Crippen LogP contribution in [0.15, 0.2) is 24.3 Å². The van der Waals surface area contributed by atoms with Crippen molar-refractivity contribution in [3.8, 4) is 0 Å². The van der Waals surface area contributed by atoms with E-state index in [-0.39, 0.29) is 0 Å². The number of ether oxygens (including phenoxy) is 1. The van der Waals surface area contributed by atoms with E-state index in [0.29, 0.717) is 24.6 Å². The second-order valence-corrected chi connectivity index (χ2v) is 4.61. The summed E-state index contributed by atoms with van der Waals surface area (Å²) in [5, 5.41) is 12.2. The second kappa shape index (κ2) is 7.84. The molecule has 100 valence electrons. The predicted octanol–water partition coefficient (Wildman–Crippen LogP) is 2.15. The van der Waals surface area contributed by atoms with Crippen molar-refractivity contribution in [2.45, 2.75) is 20.4 Å². The summed E-state index contributed by atoms with van der Waals surface area (Å²) in [6.45, 7) is 6.89. The van der Waals surface area contributed by atoms with E-state index >= 15 is 0 Å². The third-order valence-corrected chi connectivity index (χ3v) is 2.44. The van der Waals surface area contributed by atoms with E-state index in [4.69, 9.17) is 9.84 Å². The van der Waals surface area contributed by atoms with Crippen LogP contribution >= 0.6 is 0 Å². The van der Waals surface area contributed by atoms with Crippen molar-refractivity contribution in [1.82, 2.24) is 5.32 Å². The van der Waals surface area contributed by atoms with Crippen LogP contribution in [0.25, 0.3) is 0 Å². The monoisotopic (exact) mass is 251 g/mol. The molecule has 4 heteroatoms. The minimum Gasteiger partial charge on any atom is -0.478 e. The van der Waals surface area contributed by atoms with Gasteiger partial charge in [0.2, 0.25) is 0 Å². The zero-order valence-electron chi connectivity index (χ0n) is 11.0. The number of hydrogen-bond acceptors (Lipinski definition) is 3. The first-order chi connectivity index (χ1) is 8.61. The van der Waals surface area contributed by atoms with Gasteiger partial charge in [-0.25, -0.2) is 4.79 Å². The first-order valence-electron chi connectivity index (χ1n) is 6.21.